The average Bonchev–Trinajstić information content (AvgIpc) is 3.32. The summed E-state index contributed by atoms with van der Waals surface area (Å²) in [4.78, 5) is 2.78. The largest absolute Gasteiger partial charge is 0.302 e. The standard InChI is InChI=1S/C24H29N/c1-16-3-8-19(9-4-16)24-22-11-17(2)5-10-20(22)12-21-14-25(15-23(21)24)13-18-6-7-18/h3-5,8-11,18,21,23-24H,6-7,12-15H2,1-2H3. The van der Waals surface area contributed by atoms with Gasteiger partial charge in [-0.05, 0) is 67.6 Å². The zero-order valence-corrected chi connectivity index (χ0v) is 15.5. The maximum absolute atomic E-state index is 2.78. The van der Waals surface area contributed by atoms with Gasteiger partial charge in [0.2, 0.25) is 0 Å². The number of hydrogen-bond acceptors (Lipinski definition) is 1. The molecular formula is C24H29N. The molecule has 1 nitrogen and oxygen atoms in total. The molecule has 1 aliphatic heterocycles. The van der Waals surface area contributed by atoms with Crippen LogP contribution in [0.4, 0.5) is 0 Å². The van der Waals surface area contributed by atoms with Crippen LogP contribution in [-0.2, 0) is 6.42 Å². The van der Waals surface area contributed by atoms with Crippen LogP contribution in [0.3, 0.4) is 0 Å². The van der Waals surface area contributed by atoms with Crippen molar-refractivity contribution in [3.8, 4) is 0 Å². The second-order valence-corrected chi connectivity index (χ2v) is 8.88. The van der Waals surface area contributed by atoms with Crippen molar-refractivity contribution in [1.82, 2.24) is 4.90 Å². The van der Waals surface area contributed by atoms with Crippen molar-refractivity contribution in [3.63, 3.8) is 0 Å². The van der Waals surface area contributed by atoms with Gasteiger partial charge in [-0.2, -0.15) is 0 Å². The van der Waals surface area contributed by atoms with Gasteiger partial charge in [-0.25, -0.2) is 0 Å². The van der Waals surface area contributed by atoms with Crippen molar-refractivity contribution in [2.45, 2.75) is 39.0 Å². The minimum absolute atomic E-state index is 0.582. The molecular weight excluding hydrogens is 302 g/mol. The Kier molecular flexibility index (Phi) is 3.74. The Morgan fingerprint density at radius 3 is 2.44 bits per heavy atom. The lowest BCUT2D eigenvalue weighted by molar-refractivity contribution is 0.306. The zero-order chi connectivity index (χ0) is 17.0. The van der Waals surface area contributed by atoms with Gasteiger partial charge >= 0.3 is 0 Å². The molecule has 5 rings (SSSR count). The topological polar surface area (TPSA) is 3.24 Å². The van der Waals surface area contributed by atoms with Crippen molar-refractivity contribution in [3.05, 3.63) is 70.3 Å². The molecule has 2 aromatic carbocycles. The lowest BCUT2D eigenvalue weighted by atomic mass is 9.67. The number of aryl methyl sites for hydroxylation is 2. The van der Waals surface area contributed by atoms with Gasteiger partial charge in [0.1, 0.15) is 0 Å². The third-order valence-electron chi connectivity index (χ3n) is 6.76. The highest BCUT2D eigenvalue weighted by Crippen LogP contribution is 2.48. The van der Waals surface area contributed by atoms with E-state index < -0.39 is 0 Å². The molecule has 3 unspecified atom stereocenters. The normalized spacial score (nSPS) is 28.6. The fourth-order valence-corrected chi connectivity index (χ4v) is 5.30. The number of benzene rings is 2. The van der Waals surface area contributed by atoms with Crippen LogP contribution >= 0.6 is 0 Å². The van der Waals surface area contributed by atoms with E-state index in [2.05, 4.69) is 61.2 Å². The molecule has 1 saturated carbocycles. The van der Waals surface area contributed by atoms with Crippen LogP contribution in [0.15, 0.2) is 42.5 Å². The van der Waals surface area contributed by atoms with Crippen LogP contribution < -0.4 is 0 Å². The molecule has 2 fully saturated rings. The van der Waals surface area contributed by atoms with E-state index in [4.69, 9.17) is 0 Å². The molecule has 2 aromatic rings. The first-order chi connectivity index (χ1) is 12.2. The second kappa shape index (κ2) is 5.99. The summed E-state index contributed by atoms with van der Waals surface area (Å²) in [6.45, 7) is 8.40. The molecule has 1 heterocycles. The van der Waals surface area contributed by atoms with Gasteiger partial charge in [0.05, 0.1) is 0 Å². The van der Waals surface area contributed by atoms with E-state index in [1.54, 1.807) is 11.1 Å². The van der Waals surface area contributed by atoms with E-state index in [1.165, 1.54) is 55.6 Å². The van der Waals surface area contributed by atoms with Crippen LogP contribution in [0.1, 0.15) is 46.6 Å². The Bertz CT molecular complexity index is 771. The highest BCUT2D eigenvalue weighted by atomic mass is 15.2. The molecule has 2 aliphatic carbocycles. The van der Waals surface area contributed by atoms with Crippen LogP contribution in [0.5, 0.6) is 0 Å². The van der Waals surface area contributed by atoms with Gasteiger partial charge in [-0.3, -0.25) is 0 Å². The molecule has 1 saturated heterocycles. The van der Waals surface area contributed by atoms with E-state index in [9.17, 15) is 0 Å². The maximum atomic E-state index is 2.78. The Labute approximate surface area is 152 Å². The Morgan fingerprint density at radius 1 is 0.920 bits per heavy atom. The number of nitrogens with zero attached hydrogens (tertiary/aromatic N) is 1. The Morgan fingerprint density at radius 2 is 1.68 bits per heavy atom. The summed E-state index contributed by atoms with van der Waals surface area (Å²) in [5.41, 5.74) is 7.51. The predicted molar refractivity (Wildman–Crippen MR) is 104 cm³/mol. The lowest BCUT2D eigenvalue weighted by Gasteiger charge is -2.36. The molecule has 0 aromatic heterocycles. The van der Waals surface area contributed by atoms with Crippen molar-refractivity contribution in [2.75, 3.05) is 19.6 Å². The van der Waals surface area contributed by atoms with Crippen LogP contribution in [0, 0.1) is 31.6 Å². The van der Waals surface area contributed by atoms with Gasteiger partial charge in [0, 0.05) is 25.6 Å². The van der Waals surface area contributed by atoms with Crippen LogP contribution in [0.2, 0.25) is 0 Å². The highest BCUT2D eigenvalue weighted by molar-refractivity contribution is 5.44. The molecule has 25 heavy (non-hydrogen) atoms. The average molecular weight is 332 g/mol. The Balaban J connectivity index is 1.54. The molecule has 0 bridgehead atoms. The monoisotopic (exact) mass is 331 g/mol. The number of likely N-dealkylation sites (tertiary alicyclic amines) is 1. The summed E-state index contributed by atoms with van der Waals surface area (Å²) in [6.07, 6.45) is 4.21. The summed E-state index contributed by atoms with van der Waals surface area (Å²) in [5, 5.41) is 0. The molecule has 1 heteroatoms. The lowest BCUT2D eigenvalue weighted by Crippen LogP contribution is -2.29. The minimum Gasteiger partial charge on any atom is -0.302 e. The van der Waals surface area contributed by atoms with E-state index >= 15 is 0 Å². The molecule has 3 aliphatic rings. The number of rotatable bonds is 3. The molecule has 0 spiro atoms. The summed E-state index contributed by atoms with van der Waals surface area (Å²) < 4.78 is 0. The van der Waals surface area contributed by atoms with Crippen LogP contribution in [-0.4, -0.2) is 24.5 Å². The summed E-state index contributed by atoms with van der Waals surface area (Å²) >= 11 is 0. The summed E-state index contributed by atoms with van der Waals surface area (Å²) in [5.74, 6) is 3.21. The first kappa shape index (κ1) is 15.6. The smallest absolute Gasteiger partial charge is 0.0136 e. The number of fused-ring (bicyclic) bond motifs is 2. The van der Waals surface area contributed by atoms with E-state index in [0.29, 0.717) is 5.92 Å². The van der Waals surface area contributed by atoms with Crippen molar-refractivity contribution in [1.29, 1.82) is 0 Å². The first-order valence-corrected chi connectivity index (χ1v) is 10.1. The molecule has 0 N–H and O–H groups in total. The summed E-state index contributed by atoms with van der Waals surface area (Å²) in [7, 11) is 0. The van der Waals surface area contributed by atoms with E-state index in [1.807, 2.05) is 0 Å². The van der Waals surface area contributed by atoms with Crippen LogP contribution in [0.25, 0.3) is 0 Å². The second-order valence-electron chi connectivity index (χ2n) is 8.88. The van der Waals surface area contributed by atoms with Gasteiger partial charge < -0.3 is 4.90 Å². The van der Waals surface area contributed by atoms with Gasteiger partial charge in [-0.15, -0.1) is 0 Å². The SMILES string of the molecule is Cc1ccc(C2c3cc(C)ccc3CC3CN(CC4CC4)CC32)cc1. The van der Waals surface area contributed by atoms with Crippen molar-refractivity contribution in [2.24, 2.45) is 17.8 Å². The fraction of sp³-hybridized carbons (Fsp3) is 0.500. The molecule has 0 amide bonds. The quantitative estimate of drug-likeness (QED) is 0.769. The molecule has 130 valence electrons. The molecule has 0 radical (unpaired) electrons. The zero-order valence-electron chi connectivity index (χ0n) is 15.5. The van der Waals surface area contributed by atoms with Gasteiger partial charge in [0.25, 0.3) is 0 Å². The third kappa shape index (κ3) is 2.93. The fourth-order valence-electron chi connectivity index (χ4n) is 5.30. The first-order valence-electron chi connectivity index (χ1n) is 10.1. The van der Waals surface area contributed by atoms with Crippen molar-refractivity contribution >= 4 is 0 Å². The van der Waals surface area contributed by atoms with Gasteiger partial charge in [0.15, 0.2) is 0 Å². The minimum atomic E-state index is 0.582. The maximum Gasteiger partial charge on any atom is 0.0136 e. The molecule has 3 atom stereocenters. The highest BCUT2D eigenvalue weighted by Gasteiger charge is 2.44. The van der Waals surface area contributed by atoms with Gasteiger partial charge in [-0.1, -0.05) is 53.6 Å². The Hall–Kier alpha value is -1.60. The van der Waals surface area contributed by atoms with E-state index in [0.717, 1.165) is 17.8 Å². The summed E-state index contributed by atoms with van der Waals surface area (Å²) in [6, 6.07) is 16.6. The van der Waals surface area contributed by atoms with Crippen molar-refractivity contribution < 1.29 is 0 Å². The number of hydrogen-bond donors (Lipinski definition) is 0. The van der Waals surface area contributed by atoms with E-state index in [-0.39, 0.29) is 0 Å². The predicted octanol–water partition coefficient (Wildman–Crippen LogP) is 4.95. The third-order valence-corrected chi connectivity index (χ3v) is 6.76.